The zero-order valence-electron chi connectivity index (χ0n) is 18.3. The lowest BCUT2D eigenvalue weighted by Gasteiger charge is -2.16. The highest BCUT2D eigenvalue weighted by Crippen LogP contribution is 2.25. The second kappa shape index (κ2) is 10.5. The van der Waals surface area contributed by atoms with Crippen LogP contribution >= 0.6 is 0 Å². The van der Waals surface area contributed by atoms with Crippen molar-refractivity contribution in [3.8, 4) is 11.5 Å². The Morgan fingerprint density at radius 2 is 1.72 bits per heavy atom. The Morgan fingerprint density at radius 1 is 0.969 bits per heavy atom. The van der Waals surface area contributed by atoms with E-state index in [2.05, 4.69) is 5.32 Å². The highest BCUT2D eigenvalue weighted by molar-refractivity contribution is 5.93. The lowest BCUT2D eigenvalue weighted by atomic mass is 10.1. The minimum atomic E-state index is -0.820. The molecule has 1 aromatic heterocycles. The number of nitrogens with zero attached hydrogens (tertiary/aromatic N) is 1. The first-order chi connectivity index (χ1) is 15.4. The number of rotatable bonds is 9. The van der Waals surface area contributed by atoms with Crippen LogP contribution < -0.4 is 20.3 Å². The molecule has 0 radical (unpaired) electrons. The number of fused-ring (bicyclic) bond motifs is 1. The van der Waals surface area contributed by atoms with Crippen LogP contribution in [0, 0.1) is 0 Å². The third-order valence-electron chi connectivity index (χ3n) is 4.68. The number of nitrogens with one attached hydrogen (secondary N) is 1. The van der Waals surface area contributed by atoms with E-state index in [1.807, 2.05) is 13.0 Å². The first kappa shape index (κ1) is 22.9. The highest BCUT2D eigenvalue weighted by atomic mass is 16.6. The third-order valence-corrected chi connectivity index (χ3v) is 4.68. The van der Waals surface area contributed by atoms with Crippen LogP contribution in [0.2, 0.25) is 0 Å². The number of esters is 1. The minimum absolute atomic E-state index is 0.167. The fourth-order valence-electron chi connectivity index (χ4n) is 3.21. The van der Waals surface area contributed by atoms with Crippen LogP contribution in [0.3, 0.4) is 0 Å². The Balaban J connectivity index is 1.81. The van der Waals surface area contributed by atoms with Gasteiger partial charge in [-0.2, -0.15) is 0 Å². The normalized spacial score (nSPS) is 11.6. The van der Waals surface area contributed by atoms with Crippen molar-refractivity contribution in [3.63, 3.8) is 0 Å². The molecule has 0 unspecified atom stereocenters. The average Bonchev–Trinajstić information content (AvgIpc) is 2.77. The summed E-state index contributed by atoms with van der Waals surface area (Å²) < 4.78 is 17.5. The molecular formula is C24H26N2O6. The van der Waals surface area contributed by atoms with E-state index in [1.165, 1.54) is 10.8 Å². The van der Waals surface area contributed by atoms with Gasteiger partial charge in [0, 0.05) is 11.6 Å². The first-order valence-corrected chi connectivity index (χ1v) is 10.4. The van der Waals surface area contributed by atoms with Crippen LogP contribution in [0.25, 0.3) is 10.8 Å². The smallest absolute Gasteiger partial charge is 0.347 e. The number of carbonyl (C=O) groups excluding carboxylic acids is 2. The van der Waals surface area contributed by atoms with Crippen molar-refractivity contribution in [1.29, 1.82) is 0 Å². The van der Waals surface area contributed by atoms with Gasteiger partial charge in [-0.05, 0) is 51.1 Å². The SMILES string of the molecule is CCOC(=O)[C@@H](C)Oc1cccc2c(=O)n(CC(=O)Nc3ccccc3OCC)ccc12. The summed E-state index contributed by atoms with van der Waals surface area (Å²) in [7, 11) is 0. The fourth-order valence-corrected chi connectivity index (χ4v) is 3.21. The number of ether oxygens (including phenoxy) is 3. The Morgan fingerprint density at radius 3 is 2.47 bits per heavy atom. The molecule has 0 saturated carbocycles. The van der Waals surface area contributed by atoms with Crippen LogP contribution in [0.4, 0.5) is 5.69 Å². The van der Waals surface area contributed by atoms with Crippen molar-refractivity contribution >= 4 is 28.3 Å². The van der Waals surface area contributed by atoms with Gasteiger partial charge >= 0.3 is 5.97 Å². The molecular weight excluding hydrogens is 412 g/mol. The van der Waals surface area contributed by atoms with Crippen molar-refractivity contribution < 1.29 is 23.8 Å². The van der Waals surface area contributed by atoms with Crippen molar-refractivity contribution in [3.05, 3.63) is 65.1 Å². The number of anilines is 1. The van der Waals surface area contributed by atoms with Crippen molar-refractivity contribution in [2.45, 2.75) is 33.4 Å². The largest absolute Gasteiger partial charge is 0.492 e. The Bertz CT molecular complexity index is 1170. The molecule has 1 N–H and O–H groups in total. The Kier molecular flexibility index (Phi) is 7.49. The minimum Gasteiger partial charge on any atom is -0.492 e. The maximum atomic E-state index is 13.0. The molecule has 0 fully saturated rings. The van der Waals surface area contributed by atoms with Gasteiger partial charge in [-0.15, -0.1) is 0 Å². The van der Waals surface area contributed by atoms with Gasteiger partial charge in [0.15, 0.2) is 6.10 Å². The number of hydrogen-bond acceptors (Lipinski definition) is 6. The maximum Gasteiger partial charge on any atom is 0.347 e. The molecule has 0 spiro atoms. The number of para-hydroxylation sites is 2. The van der Waals surface area contributed by atoms with Crippen LogP contribution in [0.15, 0.2) is 59.5 Å². The predicted molar refractivity (Wildman–Crippen MR) is 121 cm³/mol. The Labute approximate surface area is 185 Å². The molecule has 8 heteroatoms. The van der Waals surface area contributed by atoms with E-state index in [1.54, 1.807) is 56.3 Å². The number of hydrogen-bond donors (Lipinski definition) is 1. The number of pyridine rings is 1. The van der Waals surface area contributed by atoms with E-state index >= 15 is 0 Å². The van der Waals surface area contributed by atoms with E-state index in [0.717, 1.165) is 0 Å². The lowest BCUT2D eigenvalue weighted by molar-refractivity contribution is -0.150. The molecule has 0 aliphatic carbocycles. The first-order valence-electron chi connectivity index (χ1n) is 10.4. The molecule has 0 bridgehead atoms. The molecule has 3 aromatic rings. The molecule has 8 nitrogen and oxygen atoms in total. The van der Waals surface area contributed by atoms with E-state index in [0.29, 0.717) is 34.6 Å². The van der Waals surface area contributed by atoms with Gasteiger partial charge in [-0.1, -0.05) is 18.2 Å². The monoisotopic (exact) mass is 438 g/mol. The van der Waals surface area contributed by atoms with Gasteiger partial charge in [0.1, 0.15) is 18.0 Å². The summed E-state index contributed by atoms with van der Waals surface area (Å²) in [4.78, 5) is 37.4. The third kappa shape index (κ3) is 5.26. The van der Waals surface area contributed by atoms with Crippen molar-refractivity contribution in [1.82, 2.24) is 4.57 Å². The van der Waals surface area contributed by atoms with Gasteiger partial charge in [0.05, 0.1) is 24.3 Å². The van der Waals surface area contributed by atoms with Crippen LogP contribution in [-0.4, -0.2) is 35.8 Å². The maximum absolute atomic E-state index is 13.0. The quantitative estimate of drug-likeness (QED) is 0.515. The van der Waals surface area contributed by atoms with E-state index < -0.39 is 12.1 Å². The van der Waals surface area contributed by atoms with Gasteiger partial charge in [-0.25, -0.2) is 4.79 Å². The zero-order chi connectivity index (χ0) is 23.1. The topological polar surface area (TPSA) is 95.9 Å². The van der Waals surface area contributed by atoms with Crippen LogP contribution in [0.5, 0.6) is 11.5 Å². The summed E-state index contributed by atoms with van der Waals surface area (Å²) in [6, 6.07) is 13.8. The summed E-state index contributed by atoms with van der Waals surface area (Å²) in [6.07, 6.45) is 0.708. The summed E-state index contributed by atoms with van der Waals surface area (Å²) in [5, 5.41) is 3.71. The number of aromatic nitrogens is 1. The van der Waals surface area contributed by atoms with Crippen LogP contribution in [-0.2, 0) is 20.9 Å². The van der Waals surface area contributed by atoms with Gasteiger partial charge in [0.25, 0.3) is 5.56 Å². The predicted octanol–water partition coefficient (Wildman–Crippen LogP) is 3.37. The molecule has 0 aliphatic heterocycles. The lowest BCUT2D eigenvalue weighted by Crippen LogP contribution is -2.28. The van der Waals surface area contributed by atoms with Gasteiger partial charge in [0.2, 0.25) is 5.91 Å². The zero-order valence-corrected chi connectivity index (χ0v) is 18.3. The molecule has 0 saturated heterocycles. The van der Waals surface area contributed by atoms with Crippen molar-refractivity contribution in [2.75, 3.05) is 18.5 Å². The van der Waals surface area contributed by atoms with E-state index in [9.17, 15) is 14.4 Å². The van der Waals surface area contributed by atoms with E-state index in [4.69, 9.17) is 14.2 Å². The number of amides is 1. The van der Waals surface area contributed by atoms with Crippen molar-refractivity contribution in [2.24, 2.45) is 0 Å². The molecule has 168 valence electrons. The Hall–Kier alpha value is -3.81. The molecule has 2 aromatic carbocycles. The van der Waals surface area contributed by atoms with Crippen LogP contribution in [0.1, 0.15) is 20.8 Å². The second-order valence-electron chi connectivity index (χ2n) is 6.96. The summed E-state index contributed by atoms with van der Waals surface area (Å²) >= 11 is 0. The molecule has 1 atom stereocenters. The summed E-state index contributed by atoms with van der Waals surface area (Å²) in [6.45, 7) is 5.72. The summed E-state index contributed by atoms with van der Waals surface area (Å²) in [5.74, 6) is 0.109. The second-order valence-corrected chi connectivity index (χ2v) is 6.96. The number of benzene rings is 2. The molecule has 32 heavy (non-hydrogen) atoms. The molecule has 1 heterocycles. The number of carbonyl (C=O) groups is 2. The molecule has 1 amide bonds. The van der Waals surface area contributed by atoms with Gasteiger partial charge < -0.3 is 24.1 Å². The van der Waals surface area contributed by atoms with E-state index in [-0.39, 0.29) is 24.6 Å². The fraction of sp³-hybridized carbons (Fsp3) is 0.292. The van der Waals surface area contributed by atoms with Gasteiger partial charge in [-0.3, -0.25) is 9.59 Å². The average molecular weight is 438 g/mol. The highest BCUT2D eigenvalue weighted by Gasteiger charge is 2.18. The summed E-state index contributed by atoms with van der Waals surface area (Å²) in [5.41, 5.74) is 0.196. The molecule has 0 aliphatic rings. The standard InChI is InChI=1S/C24H26N2O6/c1-4-30-21-11-7-6-10-19(21)25-22(27)15-26-14-13-17-18(23(26)28)9-8-12-20(17)32-16(3)24(29)31-5-2/h6-14,16H,4-5,15H2,1-3H3,(H,25,27)/t16-/m1/s1. The molecule has 3 rings (SSSR count).